The van der Waals surface area contributed by atoms with Crippen molar-refractivity contribution in [2.45, 2.75) is 40.2 Å². The van der Waals surface area contributed by atoms with Crippen LogP contribution in [0.4, 0.5) is 0 Å². The van der Waals surface area contributed by atoms with E-state index < -0.39 is 0 Å². The van der Waals surface area contributed by atoms with Crippen molar-refractivity contribution in [2.75, 3.05) is 0 Å². The largest absolute Gasteiger partial charge is 0.388 e. The van der Waals surface area contributed by atoms with E-state index in [1.54, 1.807) is 0 Å². The molecule has 0 spiro atoms. The molecule has 1 aliphatic carbocycles. The molecule has 2 atom stereocenters. The summed E-state index contributed by atoms with van der Waals surface area (Å²) in [6.07, 6.45) is 0.861. The lowest BCUT2D eigenvalue weighted by molar-refractivity contribution is 0.138. The number of rotatable bonds is 2. The van der Waals surface area contributed by atoms with Crippen molar-refractivity contribution in [1.82, 2.24) is 0 Å². The van der Waals surface area contributed by atoms with Gasteiger partial charge in [0.15, 0.2) is 0 Å². The molecule has 1 fully saturated rings. The topological polar surface area (TPSA) is 20.2 Å². The van der Waals surface area contributed by atoms with Crippen LogP contribution in [0.25, 0.3) is 0 Å². The van der Waals surface area contributed by atoms with E-state index in [9.17, 15) is 5.11 Å². The highest BCUT2D eigenvalue weighted by Crippen LogP contribution is 2.57. The van der Waals surface area contributed by atoms with Crippen LogP contribution in [0.1, 0.15) is 43.1 Å². The van der Waals surface area contributed by atoms with Crippen LogP contribution in [0.3, 0.4) is 0 Å². The van der Waals surface area contributed by atoms with Crippen molar-refractivity contribution in [3.05, 3.63) is 34.9 Å². The third kappa shape index (κ3) is 2.07. The summed E-state index contributed by atoms with van der Waals surface area (Å²) in [6, 6.07) is 6.35. The molecule has 1 aromatic carbocycles. The van der Waals surface area contributed by atoms with E-state index in [1.807, 2.05) is 0 Å². The van der Waals surface area contributed by atoms with Gasteiger partial charge in [0, 0.05) is 0 Å². The highest BCUT2D eigenvalue weighted by molar-refractivity contribution is 5.31. The monoisotopic (exact) mass is 204 g/mol. The third-order valence-corrected chi connectivity index (χ3v) is 3.56. The van der Waals surface area contributed by atoms with E-state index in [-0.39, 0.29) is 6.10 Å². The van der Waals surface area contributed by atoms with Crippen molar-refractivity contribution >= 4 is 0 Å². The standard InChI is InChI=1S/C14H20O/c1-9-5-10(2)7-11(6-9)13(15)12-8-14(12,3)4/h5-7,12-13,15H,8H2,1-4H3. The first-order chi connectivity index (χ1) is 6.90. The predicted octanol–water partition coefficient (Wildman–Crippen LogP) is 3.38. The number of aliphatic hydroxyl groups is 1. The average molecular weight is 204 g/mol. The Morgan fingerprint density at radius 3 is 2.07 bits per heavy atom. The van der Waals surface area contributed by atoms with Gasteiger partial charge in [-0.15, -0.1) is 0 Å². The molecule has 0 aliphatic heterocycles. The Morgan fingerprint density at radius 1 is 1.20 bits per heavy atom. The zero-order valence-electron chi connectivity index (χ0n) is 10.0. The molecule has 1 aliphatic rings. The van der Waals surface area contributed by atoms with E-state index in [4.69, 9.17) is 0 Å². The second-order valence-corrected chi connectivity index (χ2v) is 5.67. The molecular weight excluding hydrogens is 184 g/mol. The lowest BCUT2D eigenvalue weighted by Crippen LogP contribution is -2.05. The van der Waals surface area contributed by atoms with E-state index in [0.717, 1.165) is 12.0 Å². The fourth-order valence-electron chi connectivity index (χ4n) is 2.46. The number of benzene rings is 1. The van der Waals surface area contributed by atoms with Gasteiger partial charge < -0.3 is 5.11 Å². The van der Waals surface area contributed by atoms with Crippen LogP contribution in [0.15, 0.2) is 18.2 Å². The molecule has 2 rings (SSSR count). The Bertz CT molecular complexity index is 359. The Morgan fingerprint density at radius 2 is 1.67 bits per heavy atom. The van der Waals surface area contributed by atoms with Crippen LogP contribution >= 0.6 is 0 Å². The highest BCUT2D eigenvalue weighted by Gasteiger charge is 2.50. The SMILES string of the molecule is Cc1cc(C)cc(C(O)C2CC2(C)C)c1. The summed E-state index contributed by atoms with van der Waals surface area (Å²) in [5.74, 6) is 0.443. The maximum atomic E-state index is 10.2. The molecule has 0 radical (unpaired) electrons. The van der Waals surface area contributed by atoms with Crippen molar-refractivity contribution in [2.24, 2.45) is 11.3 Å². The predicted molar refractivity (Wildman–Crippen MR) is 62.8 cm³/mol. The van der Waals surface area contributed by atoms with Crippen LogP contribution in [0, 0.1) is 25.2 Å². The number of aryl methyl sites for hydroxylation is 2. The number of hydrogen-bond acceptors (Lipinski definition) is 1. The maximum absolute atomic E-state index is 10.2. The summed E-state index contributed by atoms with van der Waals surface area (Å²) in [5, 5.41) is 10.2. The fourth-order valence-corrected chi connectivity index (χ4v) is 2.46. The molecule has 15 heavy (non-hydrogen) atoms. The number of hydrogen-bond donors (Lipinski definition) is 1. The van der Waals surface area contributed by atoms with E-state index >= 15 is 0 Å². The highest BCUT2D eigenvalue weighted by atomic mass is 16.3. The molecule has 2 unspecified atom stereocenters. The van der Waals surface area contributed by atoms with Gasteiger partial charge in [0.05, 0.1) is 6.10 Å². The summed E-state index contributed by atoms with van der Waals surface area (Å²) >= 11 is 0. The second-order valence-electron chi connectivity index (χ2n) is 5.67. The third-order valence-electron chi connectivity index (χ3n) is 3.56. The lowest BCUT2D eigenvalue weighted by Gasteiger charge is -2.14. The van der Waals surface area contributed by atoms with Crippen LogP contribution in [-0.4, -0.2) is 5.11 Å². The first-order valence-electron chi connectivity index (χ1n) is 5.66. The summed E-state index contributed by atoms with van der Waals surface area (Å²) in [4.78, 5) is 0. The van der Waals surface area contributed by atoms with Crippen molar-refractivity contribution in [3.8, 4) is 0 Å². The van der Waals surface area contributed by atoms with E-state index in [2.05, 4.69) is 45.9 Å². The summed E-state index contributed by atoms with van der Waals surface area (Å²) < 4.78 is 0. The van der Waals surface area contributed by atoms with Gasteiger partial charge in [0.2, 0.25) is 0 Å². The van der Waals surface area contributed by atoms with Crippen LogP contribution in [0.2, 0.25) is 0 Å². The Labute approximate surface area is 92.1 Å². The van der Waals surface area contributed by atoms with Crippen LogP contribution in [-0.2, 0) is 0 Å². The molecular formula is C14H20O. The molecule has 1 aromatic rings. The summed E-state index contributed by atoms with van der Waals surface area (Å²) in [5.41, 5.74) is 3.89. The van der Waals surface area contributed by atoms with E-state index in [0.29, 0.717) is 11.3 Å². The van der Waals surface area contributed by atoms with Crippen LogP contribution in [0.5, 0.6) is 0 Å². The first kappa shape index (κ1) is 10.7. The number of aliphatic hydroxyl groups excluding tert-OH is 1. The smallest absolute Gasteiger partial charge is 0.0823 e. The molecule has 0 saturated heterocycles. The Kier molecular flexibility index (Phi) is 2.38. The van der Waals surface area contributed by atoms with Gasteiger partial charge >= 0.3 is 0 Å². The molecule has 1 N–H and O–H groups in total. The minimum absolute atomic E-state index is 0.279. The van der Waals surface area contributed by atoms with E-state index in [1.165, 1.54) is 11.1 Å². The Hall–Kier alpha value is -0.820. The fraction of sp³-hybridized carbons (Fsp3) is 0.571. The molecule has 0 amide bonds. The van der Waals surface area contributed by atoms with Crippen molar-refractivity contribution in [3.63, 3.8) is 0 Å². The van der Waals surface area contributed by atoms with Gasteiger partial charge in [-0.25, -0.2) is 0 Å². The summed E-state index contributed by atoms with van der Waals surface area (Å²) in [6.45, 7) is 8.62. The molecule has 0 aromatic heterocycles. The van der Waals surface area contributed by atoms with Gasteiger partial charge in [0.25, 0.3) is 0 Å². The van der Waals surface area contributed by atoms with Crippen molar-refractivity contribution in [1.29, 1.82) is 0 Å². The molecule has 1 heteroatoms. The molecule has 82 valence electrons. The first-order valence-corrected chi connectivity index (χ1v) is 5.66. The molecule has 1 nitrogen and oxygen atoms in total. The quantitative estimate of drug-likeness (QED) is 0.783. The van der Waals surface area contributed by atoms with Crippen LogP contribution < -0.4 is 0 Å². The zero-order chi connectivity index (χ0) is 11.2. The second kappa shape index (κ2) is 3.34. The van der Waals surface area contributed by atoms with Gasteiger partial charge in [-0.05, 0) is 37.2 Å². The lowest BCUT2D eigenvalue weighted by atomic mass is 9.97. The average Bonchev–Trinajstić information content (AvgIpc) is 2.72. The van der Waals surface area contributed by atoms with Gasteiger partial charge in [-0.1, -0.05) is 43.2 Å². The van der Waals surface area contributed by atoms with Crippen molar-refractivity contribution < 1.29 is 5.11 Å². The Balaban J connectivity index is 2.23. The minimum atomic E-state index is -0.279. The minimum Gasteiger partial charge on any atom is -0.388 e. The molecule has 1 saturated carbocycles. The maximum Gasteiger partial charge on any atom is 0.0823 e. The van der Waals surface area contributed by atoms with Gasteiger partial charge in [-0.2, -0.15) is 0 Å². The summed E-state index contributed by atoms with van der Waals surface area (Å²) in [7, 11) is 0. The zero-order valence-corrected chi connectivity index (χ0v) is 10.0. The normalized spacial score (nSPS) is 25.0. The molecule has 0 heterocycles. The van der Waals surface area contributed by atoms with Gasteiger partial charge in [-0.3, -0.25) is 0 Å². The van der Waals surface area contributed by atoms with Gasteiger partial charge in [0.1, 0.15) is 0 Å². The molecule has 0 bridgehead atoms.